The summed E-state index contributed by atoms with van der Waals surface area (Å²) in [6, 6.07) is 13.0. The van der Waals surface area contributed by atoms with Gasteiger partial charge in [0.15, 0.2) is 0 Å². The lowest BCUT2D eigenvalue weighted by Gasteiger charge is -2.10. The number of aryl methyl sites for hydroxylation is 2. The van der Waals surface area contributed by atoms with Gasteiger partial charge in [-0.2, -0.15) is 0 Å². The van der Waals surface area contributed by atoms with E-state index in [0.717, 1.165) is 22.4 Å². The summed E-state index contributed by atoms with van der Waals surface area (Å²) in [4.78, 5) is 25.5. The number of nitrogens with one attached hydrogen (secondary N) is 1. The number of hydrogen-bond donors (Lipinski definition) is 1. The molecule has 1 N–H and O–H groups in total. The van der Waals surface area contributed by atoms with Crippen LogP contribution in [-0.4, -0.2) is 30.8 Å². The van der Waals surface area contributed by atoms with Gasteiger partial charge in [0.25, 0.3) is 5.91 Å². The van der Waals surface area contributed by atoms with Crippen LogP contribution in [0.1, 0.15) is 27.0 Å². The number of anilines is 1. The summed E-state index contributed by atoms with van der Waals surface area (Å²) in [5, 5.41) is 2.91. The van der Waals surface area contributed by atoms with Gasteiger partial charge in [-0.3, -0.25) is 9.59 Å². The zero-order valence-corrected chi connectivity index (χ0v) is 14.5. The molecule has 0 radical (unpaired) electrons. The first-order valence-corrected chi connectivity index (χ1v) is 7.75. The zero-order chi connectivity index (χ0) is 17.7. The Morgan fingerprint density at radius 2 is 1.54 bits per heavy atom. The molecule has 2 rings (SSSR count). The predicted molar refractivity (Wildman–Crippen MR) is 98.0 cm³/mol. The molecule has 4 nitrogen and oxygen atoms in total. The highest BCUT2D eigenvalue weighted by Crippen LogP contribution is 2.19. The number of para-hydroxylation sites is 1. The summed E-state index contributed by atoms with van der Waals surface area (Å²) in [5.41, 5.74) is 4.39. The molecule has 124 valence electrons. The average molecular weight is 322 g/mol. The van der Waals surface area contributed by atoms with Gasteiger partial charge in [-0.1, -0.05) is 30.3 Å². The first-order chi connectivity index (χ1) is 11.4. The number of benzene rings is 2. The second-order valence-electron chi connectivity index (χ2n) is 5.91. The van der Waals surface area contributed by atoms with Gasteiger partial charge in [0.1, 0.15) is 0 Å². The lowest BCUT2D eigenvalue weighted by atomic mass is 10.1. The van der Waals surface area contributed by atoms with Gasteiger partial charge >= 0.3 is 0 Å². The van der Waals surface area contributed by atoms with Gasteiger partial charge in [0.05, 0.1) is 0 Å². The van der Waals surface area contributed by atoms with E-state index in [1.165, 1.54) is 11.0 Å². The Hall–Kier alpha value is -2.88. The highest BCUT2D eigenvalue weighted by Gasteiger charge is 2.07. The first kappa shape index (κ1) is 17.5. The van der Waals surface area contributed by atoms with Gasteiger partial charge in [-0.25, -0.2) is 0 Å². The van der Waals surface area contributed by atoms with Crippen molar-refractivity contribution >= 4 is 23.6 Å². The van der Waals surface area contributed by atoms with Gasteiger partial charge < -0.3 is 10.2 Å². The smallest absolute Gasteiger partial charge is 0.253 e. The predicted octanol–water partition coefficient (Wildman–Crippen LogP) is 3.66. The molecule has 0 heterocycles. The molecular formula is C20H22N2O2. The van der Waals surface area contributed by atoms with Crippen LogP contribution in [0.15, 0.2) is 48.5 Å². The molecule has 0 aromatic heterocycles. The van der Waals surface area contributed by atoms with Crippen LogP contribution < -0.4 is 5.32 Å². The molecule has 0 unspecified atom stereocenters. The van der Waals surface area contributed by atoms with E-state index in [1.807, 2.05) is 44.2 Å². The number of carbonyl (C=O) groups is 2. The van der Waals surface area contributed by atoms with Crippen LogP contribution in [0.3, 0.4) is 0 Å². The van der Waals surface area contributed by atoms with E-state index in [4.69, 9.17) is 0 Å². The quantitative estimate of drug-likeness (QED) is 0.873. The molecule has 0 saturated heterocycles. The molecule has 0 fully saturated rings. The minimum atomic E-state index is -0.180. The van der Waals surface area contributed by atoms with Crippen molar-refractivity contribution in [2.45, 2.75) is 13.8 Å². The maximum atomic E-state index is 12.1. The third-order valence-corrected chi connectivity index (χ3v) is 3.72. The highest BCUT2D eigenvalue weighted by atomic mass is 16.2. The van der Waals surface area contributed by atoms with E-state index in [2.05, 4.69) is 5.32 Å². The molecule has 0 saturated carbocycles. The third-order valence-electron chi connectivity index (χ3n) is 3.72. The van der Waals surface area contributed by atoms with Crippen LogP contribution in [0.25, 0.3) is 6.08 Å². The molecule has 2 aromatic carbocycles. The zero-order valence-electron chi connectivity index (χ0n) is 14.5. The maximum Gasteiger partial charge on any atom is 0.253 e. The van der Waals surface area contributed by atoms with Crippen LogP contribution in [0, 0.1) is 13.8 Å². The van der Waals surface area contributed by atoms with E-state index in [0.29, 0.717) is 5.56 Å². The van der Waals surface area contributed by atoms with Gasteiger partial charge in [-0.05, 0) is 48.7 Å². The van der Waals surface area contributed by atoms with Crippen molar-refractivity contribution in [1.82, 2.24) is 4.90 Å². The molecule has 0 atom stereocenters. The normalized spacial score (nSPS) is 10.7. The van der Waals surface area contributed by atoms with E-state index >= 15 is 0 Å². The molecule has 4 heteroatoms. The standard InChI is InChI=1S/C20H22N2O2/c1-14-6-5-7-15(2)19(14)21-18(23)13-10-16-8-11-17(12-9-16)20(24)22(3)4/h5-13H,1-4H3,(H,21,23)/b13-10+. The average Bonchev–Trinajstić information content (AvgIpc) is 2.56. The molecule has 0 aliphatic heterocycles. The molecule has 2 amide bonds. The maximum absolute atomic E-state index is 12.1. The Kier molecular flexibility index (Phi) is 5.53. The molecule has 24 heavy (non-hydrogen) atoms. The summed E-state index contributed by atoms with van der Waals surface area (Å²) >= 11 is 0. The van der Waals surface area contributed by atoms with Crippen LogP contribution in [0.5, 0.6) is 0 Å². The second-order valence-corrected chi connectivity index (χ2v) is 5.91. The summed E-state index contributed by atoms with van der Waals surface area (Å²) in [5.74, 6) is -0.223. The number of amides is 2. The Labute approximate surface area is 142 Å². The molecule has 0 bridgehead atoms. The van der Waals surface area contributed by atoms with Crippen LogP contribution in [0.2, 0.25) is 0 Å². The summed E-state index contributed by atoms with van der Waals surface area (Å²) in [7, 11) is 3.43. The van der Waals surface area contributed by atoms with Crippen LogP contribution >= 0.6 is 0 Å². The topological polar surface area (TPSA) is 49.4 Å². The lowest BCUT2D eigenvalue weighted by Crippen LogP contribution is -2.21. The minimum Gasteiger partial charge on any atom is -0.345 e. The summed E-state index contributed by atoms with van der Waals surface area (Å²) in [6.45, 7) is 3.93. The van der Waals surface area contributed by atoms with Gasteiger partial charge in [0, 0.05) is 31.4 Å². The fraction of sp³-hybridized carbons (Fsp3) is 0.200. The van der Waals surface area contributed by atoms with E-state index < -0.39 is 0 Å². The number of carbonyl (C=O) groups excluding carboxylic acids is 2. The molecule has 2 aromatic rings. The highest BCUT2D eigenvalue weighted by molar-refractivity contribution is 6.03. The van der Waals surface area contributed by atoms with Crippen molar-refractivity contribution in [2.75, 3.05) is 19.4 Å². The van der Waals surface area contributed by atoms with Crippen molar-refractivity contribution < 1.29 is 9.59 Å². The largest absolute Gasteiger partial charge is 0.345 e. The fourth-order valence-electron chi connectivity index (χ4n) is 2.34. The number of nitrogens with zero attached hydrogens (tertiary/aromatic N) is 1. The molecule has 0 aliphatic rings. The Bertz CT molecular complexity index is 754. The van der Waals surface area contributed by atoms with Crippen LogP contribution in [-0.2, 0) is 4.79 Å². The second kappa shape index (κ2) is 7.59. The number of rotatable bonds is 4. The number of hydrogen-bond acceptors (Lipinski definition) is 2. The van der Waals surface area contributed by atoms with E-state index in [9.17, 15) is 9.59 Å². The molecule has 0 aliphatic carbocycles. The SMILES string of the molecule is Cc1cccc(C)c1NC(=O)/C=C/c1ccc(C(=O)N(C)C)cc1. The Morgan fingerprint density at radius 1 is 0.958 bits per heavy atom. The van der Waals surface area contributed by atoms with Crippen molar-refractivity contribution in [3.8, 4) is 0 Å². The summed E-state index contributed by atoms with van der Waals surface area (Å²) < 4.78 is 0. The third kappa shape index (κ3) is 4.32. The fourth-order valence-corrected chi connectivity index (χ4v) is 2.34. The van der Waals surface area contributed by atoms with Crippen molar-refractivity contribution in [3.05, 3.63) is 70.8 Å². The van der Waals surface area contributed by atoms with E-state index in [1.54, 1.807) is 32.3 Å². The van der Waals surface area contributed by atoms with Crippen molar-refractivity contribution in [3.63, 3.8) is 0 Å². The van der Waals surface area contributed by atoms with Gasteiger partial charge in [0.2, 0.25) is 5.91 Å². The first-order valence-electron chi connectivity index (χ1n) is 7.75. The summed E-state index contributed by atoms with van der Waals surface area (Å²) in [6.07, 6.45) is 3.22. The lowest BCUT2D eigenvalue weighted by molar-refractivity contribution is -0.111. The van der Waals surface area contributed by atoms with Crippen molar-refractivity contribution in [1.29, 1.82) is 0 Å². The molecular weight excluding hydrogens is 300 g/mol. The van der Waals surface area contributed by atoms with Crippen LogP contribution in [0.4, 0.5) is 5.69 Å². The Morgan fingerprint density at radius 3 is 2.08 bits per heavy atom. The monoisotopic (exact) mass is 322 g/mol. The Balaban J connectivity index is 2.05. The van der Waals surface area contributed by atoms with Gasteiger partial charge in [-0.15, -0.1) is 0 Å². The molecule has 0 spiro atoms. The van der Waals surface area contributed by atoms with E-state index in [-0.39, 0.29) is 11.8 Å². The minimum absolute atomic E-state index is 0.0432. The van der Waals surface area contributed by atoms with Crippen molar-refractivity contribution in [2.24, 2.45) is 0 Å².